The van der Waals surface area contributed by atoms with E-state index < -0.39 is 11.7 Å². The minimum atomic E-state index is -0.603. The third kappa shape index (κ3) is 4.41. The van der Waals surface area contributed by atoms with E-state index in [2.05, 4.69) is 26.2 Å². The number of aromatic nitrogens is 1. The molecule has 1 fully saturated rings. The highest BCUT2D eigenvalue weighted by Crippen LogP contribution is 2.30. The number of hydrogen-bond acceptors (Lipinski definition) is 5. The van der Waals surface area contributed by atoms with Crippen LogP contribution in [0, 0.1) is 0 Å². The summed E-state index contributed by atoms with van der Waals surface area (Å²) in [6.07, 6.45) is 0.126. The number of ether oxygens (including phenoxy) is 1. The van der Waals surface area contributed by atoms with Crippen molar-refractivity contribution in [3.63, 3.8) is 0 Å². The molecule has 2 amide bonds. The summed E-state index contributed by atoms with van der Waals surface area (Å²) in [5.41, 5.74) is -0.603. The number of nitrogens with one attached hydrogen (secondary N) is 1. The van der Waals surface area contributed by atoms with Crippen LogP contribution >= 0.6 is 27.3 Å². The van der Waals surface area contributed by atoms with Gasteiger partial charge in [0, 0.05) is 11.9 Å². The standard InChI is InChI=1S/C13H18BrN3O3S/c1-13(2,3)20-12(19)17-6-10(18)15-5-4-8(17)11-16-9(14)7-21-11/h7-8H,4-6H2,1-3H3,(H,15,18). The summed E-state index contributed by atoms with van der Waals surface area (Å²) in [4.78, 5) is 30.0. The van der Waals surface area contributed by atoms with Crippen molar-refractivity contribution < 1.29 is 14.3 Å². The first-order valence-corrected chi connectivity index (χ1v) is 8.31. The topological polar surface area (TPSA) is 71.5 Å². The van der Waals surface area contributed by atoms with Crippen LogP contribution in [0.25, 0.3) is 0 Å². The molecular formula is C13H18BrN3O3S. The molecule has 8 heteroatoms. The molecule has 2 heterocycles. The van der Waals surface area contributed by atoms with Gasteiger partial charge in [0.25, 0.3) is 0 Å². The van der Waals surface area contributed by atoms with Gasteiger partial charge in [-0.25, -0.2) is 9.78 Å². The molecule has 1 unspecified atom stereocenters. The van der Waals surface area contributed by atoms with Gasteiger partial charge in [0.2, 0.25) is 5.91 Å². The molecule has 0 radical (unpaired) electrons. The van der Waals surface area contributed by atoms with Crippen molar-refractivity contribution in [3.05, 3.63) is 15.0 Å². The van der Waals surface area contributed by atoms with Crippen molar-refractivity contribution in [1.82, 2.24) is 15.2 Å². The van der Waals surface area contributed by atoms with Gasteiger partial charge in [-0.15, -0.1) is 11.3 Å². The molecule has 0 aliphatic carbocycles. The van der Waals surface area contributed by atoms with Gasteiger partial charge >= 0.3 is 6.09 Å². The second-order valence-corrected chi connectivity index (χ2v) is 7.47. The maximum atomic E-state index is 12.4. The molecule has 1 aliphatic heterocycles. The van der Waals surface area contributed by atoms with Crippen molar-refractivity contribution in [3.8, 4) is 0 Å². The summed E-state index contributed by atoms with van der Waals surface area (Å²) in [7, 11) is 0. The van der Waals surface area contributed by atoms with Gasteiger partial charge in [-0.05, 0) is 43.1 Å². The molecule has 0 aromatic carbocycles. The van der Waals surface area contributed by atoms with E-state index in [1.807, 2.05) is 5.38 Å². The number of thiazole rings is 1. The van der Waals surface area contributed by atoms with Crippen LogP contribution in [0.3, 0.4) is 0 Å². The van der Waals surface area contributed by atoms with Crippen molar-refractivity contribution >= 4 is 39.3 Å². The quantitative estimate of drug-likeness (QED) is 0.818. The van der Waals surface area contributed by atoms with Crippen molar-refractivity contribution in [2.24, 2.45) is 0 Å². The fourth-order valence-corrected chi connectivity index (χ4v) is 3.43. The van der Waals surface area contributed by atoms with Crippen LogP contribution in [0.5, 0.6) is 0 Å². The average molecular weight is 376 g/mol. The zero-order valence-electron chi connectivity index (χ0n) is 12.2. The number of hydrogen-bond donors (Lipinski definition) is 1. The Hall–Kier alpha value is -1.15. The molecule has 6 nitrogen and oxygen atoms in total. The maximum Gasteiger partial charge on any atom is 0.411 e. The molecule has 1 saturated heterocycles. The largest absolute Gasteiger partial charge is 0.444 e. The fraction of sp³-hybridized carbons (Fsp3) is 0.615. The first-order valence-electron chi connectivity index (χ1n) is 6.63. The molecular weight excluding hydrogens is 358 g/mol. The Morgan fingerprint density at radius 2 is 2.29 bits per heavy atom. The maximum absolute atomic E-state index is 12.4. The second-order valence-electron chi connectivity index (χ2n) is 5.77. The fourth-order valence-electron chi connectivity index (χ4n) is 2.01. The van der Waals surface area contributed by atoms with Gasteiger partial charge in [0.05, 0.1) is 6.04 Å². The van der Waals surface area contributed by atoms with E-state index in [1.54, 1.807) is 20.8 Å². The Kier molecular flexibility index (Phi) is 4.88. The lowest BCUT2D eigenvalue weighted by Crippen LogP contribution is -2.42. The highest BCUT2D eigenvalue weighted by molar-refractivity contribution is 9.10. The number of carbonyl (C=O) groups is 2. The van der Waals surface area contributed by atoms with Crippen LogP contribution in [-0.2, 0) is 9.53 Å². The molecule has 1 aromatic heterocycles. The molecule has 1 aliphatic rings. The summed E-state index contributed by atoms with van der Waals surface area (Å²) in [6, 6.07) is -0.255. The van der Waals surface area contributed by atoms with E-state index in [0.29, 0.717) is 13.0 Å². The highest BCUT2D eigenvalue weighted by atomic mass is 79.9. The Bertz CT molecular complexity index is 541. The van der Waals surface area contributed by atoms with Gasteiger partial charge in [0.15, 0.2) is 0 Å². The van der Waals surface area contributed by atoms with Crippen LogP contribution in [0.4, 0.5) is 4.79 Å². The van der Waals surface area contributed by atoms with Gasteiger partial charge in [0.1, 0.15) is 21.8 Å². The van der Waals surface area contributed by atoms with Gasteiger partial charge in [-0.1, -0.05) is 0 Å². The molecule has 1 N–H and O–H groups in total. The summed E-state index contributed by atoms with van der Waals surface area (Å²) < 4.78 is 6.14. The number of amides is 2. The third-order valence-corrected chi connectivity index (χ3v) is 4.49. The monoisotopic (exact) mass is 375 g/mol. The van der Waals surface area contributed by atoms with E-state index in [1.165, 1.54) is 16.2 Å². The van der Waals surface area contributed by atoms with Gasteiger partial charge < -0.3 is 10.1 Å². The van der Waals surface area contributed by atoms with Crippen molar-refractivity contribution in [2.75, 3.05) is 13.1 Å². The van der Waals surface area contributed by atoms with E-state index in [-0.39, 0.29) is 18.5 Å². The zero-order chi connectivity index (χ0) is 15.6. The number of nitrogens with zero attached hydrogens (tertiary/aromatic N) is 2. The number of rotatable bonds is 1. The zero-order valence-corrected chi connectivity index (χ0v) is 14.6. The van der Waals surface area contributed by atoms with Crippen LogP contribution in [-0.4, -0.2) is 40.6 Å². The summed E-state index contributed by atoms with van der Waals surface area (Å²) in [6.45, 7) is 5.91. The first kappa shape index (κ1) is 16.2. The van der Waals surface area contributed by atoms with Crippen LogP contribution in [0.1, 0.15) is 38.2 Å². The summed E-state index contributed by atoms with van der Waals surface area (Å²) >= 11 is 4.78. The van der Waals surface area contributed by atoms with Crippen LogP contribution in [0.2, 0.25) is 0 Å². The lowest BCUT2D eigenvalue weighted by molar-refractivity contribution is -0.121. The molecule has 21 heavy (non-hydrogen) atoms. The average Bonchev–Trinajstić information content (AvgIpc) is 2.66. The predicted octanol–water partition coefficient (Wildman–Crippen LogP) is 2.70. The van der Waals surface area contributed by atoms with E-state index >= 15 is 0 Å². The van der Waals surface area contributed by atoms with Crippen molar-refractivity contribution in [1.29, 1.82) is 0 Å². The highest BCUT2D eigenvalue weighted by Gasteiger charge is 2.34. The minimum absolute atomic E-state index is 0.0171. The molecule has 1 aromatic rings. The normalized spacial score (nSPS) is 19.9. The lowest BCUT2D eigenvalue weighted by Gasteiger charge is -2.30. The molecule has 0 bridgehead atoms. The lowest BCUT2D eigenvalue weighted by atomic mass is 10.2. The van der Waals surface area contributed by atoms with E-state index in [0.717, 1.165) is 9.61 Å². The Labute approximate surface area is 136 Å². The minimum Gasteiger partial charge on any atom is -0.444 e. The van der Waals surface area contributed by atoms with Crippen LogP contribution in [0.15, 0.2) is 9.98 Å². The van der Waals surface area contributed by atoms with Gasteiger partial charge in [-0.2, -0.15) is 0 Å². The summed E-state index contributed by atoms with van der Waals surface area (Å²) in [5, 5.41) is 5.43. The van der Waals surface area contributed by atoms with Crippen LogP contribution < -0.4 is 5.32 Å². The molecule has 116 valence electrons. The molecule has 1 atom stereocenters. The Balaban J connectivity index is 2.26. The second kappa shape index (κ2) is 6.31. The molecule has 0 saturated carbocycles. The number of halogens is 1. The van der Waals surface area contributed by atoms with E-state index in [4.69, 9.17) is 4.74 Å². The third-order valence-electron chi connectivity index (χ3n) is 2.84. The molecule has 0 spiro atoms. The predicted molar refractivity (Wildman–Crippen MR) is 83.1 cm³/mol. The summed E-state index contributed by atoms with van der Waals surface area (Å²) in [5.74, 6) is -0.181. The number of carbonyl (C=O) groups excluding carboxylic acids is 2. The Morgan fingerprint density at radius 3 is 2.86 bits per heavy atom. The smallest absolute Gasteiger partial charge is 0.411 e. The van der Waals surface area contributed by atoms with Crippen molar-refractivity contribution in [2.45, 2.75) is 38.8 Å². The first-order chi connectivity index (χ1) is 9.76. The Morgan fingerprint density at radius 1 is 1.57 bits per heavy atom. The van der Waals surface area contributed by atoms with Gasteiger partial charge in [-0.3, -0.25) is 9.69 Å². The SMILES string of the molecule is CC(C)(C)OC(=O)N1CC(=O)NCCC1c1nc(Br)cs1. The van der Waals surface area contributed by atoms with E-state index in [9.17, 15) is 9.59 Å². The molecule has 2 rings (SSSR count).